The Balaban J connectivity index is 1.96. The van der Waals surface area contributed by atoms with Crippen molar-refractivity contribution in [1.29, 1.82) is 0 Å². The summed E-state index contributed by atoms with van der Waals surface area (Å²) < 4.78 is 5.35. The average molecular weight is 308 g/mol. The Hall–Kier alpha value is -2.99. The number of nitrogens with one attached hydrogen (secondary N) is 1. The highest BCUT2D eigenvalue weighted by molar-refractivity contribution is 5.66. The first kappa shape index (κ1) is 14.9. The largest absolute Gasteiger partial charge is 0.496 e. The highest BCUT2D eigenvalue weighted by atomic mass is 16.5. The number of aliphatic hydroxyl groups excluding tert-OH is 1. The normalized spacial score (nSPS) is 10.3. The van der Waals surface area contributed by atoms with E-state index in [0.717, 1.165) is 11.3 Å². The van der Waals surface area contributed by atoms with Crippen LogP contribution >= 0.6 is 0 Å². The lowest BCUT2D eigenvalue weighted by molar-refractivity contribution is 0.281. The van der Waals surface area contributed by atoms with E-state index in [1.807, 2.05) is 30.3 Å². The molecule has 0 saturated heterocycles. The van der Waals surface area contributed by atoms with Gasteiger partial charge in [0.25, 0.3) is 0 Å². The highest BCUT2D eigenvalue weighted by Gasteiger charge is 2.11. The summed E-state index contributed by atoms with van der Waals surface area (Å²) in [5, 5.41) is 12.4. The maximum Gasteiger partial charge on any atom is 0.230 e. The van der Waals surface area contributed by atoms with Crippen molar-refractivity contribution in [1.82, 2.24) is 15.0 Å². The molecular weight excluding hydrogens is 292 g/mol. The monoisotopic (exact) mass is 308 g/mol. The Morgan fingerprint density at radius 3 is 2.65 bits per heavy atom. The van der Waals surface area contributed by atoms with Crippen molar-refractivity contribution in [3.63, 3.8) is 0 Å². The molecule has 1 aromatic heterocycles. The van der Waals surface area contributed by atoms with Crippen LogP contribution in [0.1, 0.15) is 5.56 Å². The molecule has 1 heterocycles. The van der Waals surface area contributed by atoms with E-state index in [1.165, 1.54) is 6.33 Å². The Morgan fingerprint density at radius 1 is 1.09 bits per heavy atom. The molecule has 0 spiro atoms. The minimum absolute atomic E-state index is 0.0583. The van der Waals surface area contributed by atoms with Crippen LogP contribution in [0.3, 0.4) is 0 Å². The fourth-order valence-electron chi connectivity index (χ4n) is 2.17. The molecule has 0 atom stereocenters. The number of anilines is 2. The summed E-state index contributed by atoms with van der Waals surface area (Å²) in [5.74, 6) is 1.56. The van der Waals surface area contributed by atoms with Crippen molar-refractivity contribution >= 4 is 11.6 Å². The number of ether oxygens (including phenoxy) is 1. The van der Waals surface area contributed by atoms with Crippen LogP contribution in [-0.2, 0) is 6.61 Å². The van der Waals surface area contributed by atoms with Gasteiger partial charge in [0.15, 0.2) is 5.82 Å². The predicted molar refractivity (Wildman–Crippen MR) is 87.5 cm³/mol. The van der Waals surface area contributed by atoms with Crippen LogP contribution in [0, 0.1) is 0 Å². The zero-order valence-electron chi connectivity index (χ0n) is 12.6. The molecule has 0 saturated carbocycles. The van der Waals surface area contributed by atoms with Crippen LogP contribution in [-0.4, -0.2) is 27.2 Å². The van der Waals surface area contributed by atoms with Crippen LogP contribution in [0.4, 0.5) is 11.6 Å². The number of methoxy groups -OCH3 is 1. The van der Waals surface area contributed by atoms with Crippen molar-refractivity contribution in [3.05, 3.63) is 60.4 Å². The molecule has 3 aromatic rings. The Morgan fingerprint density at radius 2 is 1.91 bits per heavy atom. The zero-order chi connectivity index (χ0) is 16.1. The molecule has 0 radical (unpaired) electrons. The van der Waals surface area contributed by atoms with Crippen molar-refractivity contribution in [3.8, 4) is 17.1 Å². The van der Waals surface area contributed by atoms with E-state index in [9.17, 15) is 5.11 Å². The summed E-state index contributed by atoms with van der Waals surface area (Å²) >= 11 is 0. The first-order valence-corrected chi connectivity index (χ1v) is 7.09. The molecular formula is C17H16N4O2. The average Bonchev–Trinajstić information content (AvgIpc) is 2.62. The molecule has 0 unspecified atom stereocenters. The van der Waals surface area contributed by atoms with Crippen LogP contribution in [0.15, 0.2) is 54.9 Å². The molecule has 0 fully saturated rings. The Kier molecular flexibility index (Phi) is 4.44. The van der Waals surface area contributed by atoms with Crippen molar-refractivity contribution in [2.45, 2.75) is 6.61 Å². The number of nitrogens with zero attached hydrogens (tertiary/aromatic N) is 3. The number of rotatable bonds is 5. The quantitative estimate of drug-likeness (QED) is 0.754. The van der Waals surface area contributed by atoms with Gasteiger partial charge in [-0.3, -0.25) is 0 Å². The number of benzene rings is 2. The molecule has 0 aliphatic carbocycles. The molecule has 23 heavy (non-hydrogen) atoms. The summed E-state index contributed by atoms with van der Waals surface area (Å²) in [6, 6.07) is 15.0. The highest BCUT2D eigenvalue weighted by Crippen LogP contribution is 2.29. The standard InChI is InChI=1S/C17H16N4O2/c1-23-15-8-7-12(10-22)9-14(15)16-18-11-19-17(21-16)20-13-5-3-2-4-6-13/h2-9,11,22H,10H2,1H3,(H,18,19,20,21). The van der Waals surface area contributed by atoms with Gasteiger partial charge in [-0.1, -0.05) is 24.3 Å². The number of aliphatic hydroxyl groups is 1. The van der Waals surface area contributed by atoms with Gasteiger partial charge in [-0.25, -0.2) is 9.97 Å². The maximum atomic E-state index is 9.32. The number of aromatic nitrogens is 3. The first-order valence-electron chi connectivity index (χ1n) is 7.09. The van der Waals surface area contributed by atoms with E-state index in [1.54, 1.807) is 25.3 Å². The molecule has 2 N–H and O–H groups in total. The molecule has 0 amide bonds. The minimum atomic E-state index is -0.0583. The third-order valence-electron chi connectivity index (χ3n) is 3.29. The minimum Gasteiger partial charge on any atom is -0.496 e. The van der Waals surface area contributed by atoms with Crippen molar-refractivity contribution in [2.75, 3.05) is 12.4 Å². The number of hydrogen-bond donors (Lipinski definition) is 2. The van der Waals surface area contributed by atoms with Gasteiger partial charge in [0, 0.05) is 5.69 Å². The zero-order valence-corrected chi connectivity index (χ0v) is 12.6. The SMILES string of the molecule is COc1ccc(CO)cc1-c1ncnc(Nc2ccccc2)n1. The van der Waals surface area contributed by atoms with E-state index in [2.05, 4.69) is 20.3 Å². The van der Waals surface area contributed by atoms with Crippen molar-refractivity contribution < 1.29 is 9.84 Å². The van der Waals surface area contributed by atoms with Crippen LogP contribution in [0.5, 0.6) is 5.75 Å². The summed E-state index contributed by atoms with van der Waals surface area (Å²) in [4.78, 5) is 12.8. The fourth-order valence-corrected chi connectivity index (χ4v) is 2.17. The second-order valence-electron chi connectivity index (χ2n) is 4.82. The molecule has 0 aliphatic rings. The molecule has 0 aliphatic heterocycles. The maximum absolute atomic E-state index is 9.32. The van der Waals surface area contributed by atoms with Gasteiger partial charge < -0.3 is 15.2 Å². The molecule has 0 bridgehead atoms. The predicted octanol–water partition coefficient (Wildman–Crippen LogP) is 2.78. The first-order chi connectivity index (χ1) is 11.3. The van der Waals surface area contributed by atoms with Gasteiger partial charge in [-0.15, -0.1) is 0 Å². The van der Waals surface area contributed by atoms with E-state index >= 15 is 0 Å². The summed E-state index contributed by atoms with van der Waals surface area (Å²) in [7, 11) is 1.59. The molecule has 2 aromatic carbocycles. The van der Waals surface area contributed by atoms with E-state index in [4.69, 9.17) is 4.74 Å². The van der Waals surface area contributed by atoms with Gasteiger partial charge in [0.05, 0.1) is 19.3 Å². The molecule has 6 nitrogen and oxygen atoms in total. The lowest BCUT2D eigenvalue weighted by Gasteiger charge is -2.10. The van der Waals surface area contributed by atoms with Gasteiger partial charge in [-0.05, 0) is 29.8 Å². The third-order valence-corrected chi connectivity index (χ3v) is 3.29. The van der Waals surface area contributed by atoms with E-state index in [0.29, 0.717) is 23.1 Å². The van der Waals surface area contributed by atoms with Gasteiger partial charge in [0.2, 0.25) is 5.95 Å². The molecule has 3 rings (SSSR count). The van der Waals surface area contributed by atoms with Crippen LogP contribution in [0.2, 0.25) is 0 Å². The second-order valence-corrected chi connectivity index (χ2v) is 4.82. The van der Waals surface area contributed by atoms with E-state index < -0.39 is 0 Å². The van der Waals surface area contributed by atoms with Gasteiger partial charge >= 0.3 is 0 Å². The van der Waals surface area contributed by atoms with Gasteiger partial charge in [-0.2, -0.15) is 4.98 Å². The summed E-state index contributed by atoms with van der Waals surface area (Å²) in [6.45, 7) is -0.0583. The number of hydrogen-bond acceptors (Lipinski definition) is 6. The van der Waals surface area contributed by atoms with Crippen molar-refractivity contribution in [2.24, 2.45) is 0 Å². The summed E-state index contributed by atoms with van der Waals surface area (Å²) in [6.07, 6.45) is 1.44. The van der Waals surface area contributed by atoms with E-state index in [-0.39, 0.29) is 6.61 Å². The Bertz CT molecular complexity index is 794. The third kappa shape index (κ3) is 3.44. The van der Waals surface area contributed by atoms with Gasteiger partial charge in [0.1, 0.15) is 12.1 Å². The fraction of sp³-hybridized carbons (Fsp3) is 0.118. The molecule has 6 heteroatoms. The Labute approximate surface area is 133 Å². The topological polar surface area (TPSA) is 80.2 Å². The lowest BCUT2D eigenvalue weighted by atomic mass is 10.1. The molecule has 116 valence electrons. The van der Waals surface area contributed by atoms with Crippen LogP contribution < -0.4 is 10.1 Å². The second kappa shape index (κ2) is 6.85. The number of para-hydroxylation sites is 1. The summed E-state index contributed by atoms with van der Waals surface area (Å²) in [5.41, 5.74) is 2.36. The lowest BCUT2D eigenvalue weighted by Crippen LogP contribution is -2.01. The van der Waals surface area contributed by atoms with Crippen LogP contribution in [0.25, 0.3) is 11.4 Å². The smallest absolute Gasteiger partial charge is 0.230 e.